The number of allylic oxidation sites excluding steroid dienone is 4. The van der Waals surface area contributed by atoms with Crippen LogP contribution in [0.25, 0.3) is 0 Å². The highest BCUT2D eigenvalue weighted by molar-refractivity contribution is 5.72. The molecule has 2 atom stereocenters. The number of hydrogen-bond acceptors (Lipinski definition) is 6. The second kappa shape index (κ2) is 36.8. The third-order valence-electron chi connectivity index (χ3n) is 9.82. The maximum Gasteiger partial charge on any atom is 0.362 e. The maximum absolute atomic E-state index is 12.7. The van der Waals surface area contributed by atoms with Gasteiger partial charge in [-0.15, -0.1) is 0 Å². The standard InChI is InChI=1S/C45H83NO7/c1-6-8-10-12-14-16-18-20-21-22-23-24-26-28-30-32-34-36-44(48)53-41(39-51-38-37-42(45(49)50)46(3,4)5)40-52-43(47)35-33-31-29-27-25-19-17-15-13-11-9-7-2/h15,17,20-21,41-42H,6-14,16,18-19,22-40H2,1-5H3/p+1/b17-15-,21-20-. The van der Waals surface area contributed by atoms with Crippen LogP contribution in [0.5, 0.6) is 0 Å². The van der Waals surface area contributed by atoms with Gasteiger partial charge in [0.1, 0.15) is 6.61 Å². The summed E-state index contributed by atoms with van der Waals surface area (Å²) < 4.78 is 17.3. The Bertz CT molecular complexity index is 926. The lowest BCUT2D eigenvalue weighted by Crippen LogP contribution is -2.50. The molecule has 0 bridgehead atoms. The molecule has 0 spiro atoms. The molecule has 8 heteroatoms. The van der Waals surface area contributed by atoms with Gasteiger partial charge in [0.15, 0.2) is 12.1 Å². The Morgan fingerprint density at radius 3 is 1.40 bits per heavy atom. The molecule has 0 aliphatic heterocycles. The summed E-state index contributed by atoms with van der Waals surface area (Å²) in [6.07, 6.45) is 39.3. The topological polar surface area (TPSA) is 99.1 Å². The number of carbonyl (C=O) groups is 3. The Kier molecular flexibility index (Phi) is 35.2. The van der Waals surface area contributed by atoms with Crippen LogP contribution in [0.3, 0.4) is 0 Å². The Morgan fingerprint density at radius 1 is 0.547 bits per heavy atom. The van der Waals surface area contributed by atoms with Crippen LogP contribution in [0.2, 0.25) is 0 Å². The number of carboxylic acid groups (broad SMARTS) is 1. The minimum Gasteiger partial charge on any atom is -0.477 e. The first kappa shape index (κ1) is 50.8. The van der Waals surface area contributed by atoms with E-state index in [0.29, 0.717) is 19.3 Å². The first-order chi connectivity index (χ1) is 25.6. The van der Waals surface area contributed by atoms with Gasteiger partial charge >= 0.3 is 17.9 Å². The molecular weight excluding hydrogens is 666 g/mol. The van der Waals surface area contributed by atoms with Crippen LogP contribution < -0.4 is 0 Å². The molecule has 0 aromatic carbocycles. The van der Waals surface area contributed by atoms with Crippen LogP contribution in [-0.2, 0) is 28.6 Å². The number of carboxylic acids is 1. The van der Waals surface area contributed by atoms with Crippen LogP contribution >= 0.6 is 0 Å². The predicted octanol–water partition coefficient (Wildman–Crippen LogP) is 11.7. The van der Waals surface area contributed by atoms with E-state index in [-0.39, 0.29) is 36.2 Å². The van der Waals surface area contributed by atoms with E-state index in [1.807, 2.05) is 21.1 Å². The van der Waals surface area contributed by atoms with Crippen molar-refractivity contribution >= 4 is 17.9 Å². The lowest BCUT2D eigenvalue weighted by atomic mass is 10.1. The fourth-order valence-corrected chi connectivity index (χ4v) is 6.37. The van der Waals surface area contributed by atoms with Crippen LogP contribution in [0.1, 0.15) is 194 Å². The van der Waals surface area contributed by atoms with Crippen molar-refractivity contribution in [1.29, 1.82) is 0 Å². The van der Waals surface area contributed by atoms with Crippen molar-refractivity contribution in [1.82, 2.24) is 0 Å². The van der Waals surface area contributed by atoms with E-state index in [1.54, 1.807) is 0 Å². The van der Waals surface area contributed by atoms with Gasteiger partial charge in [0.25, 0.3) is 0 Å². The lowest BCUT2D eigenvalue weighted by Gasteiger charge is -2.31. The molecule has 53 heavy (non-hydrogen) atoms. The molecule has 0 heterocycles. The smallest absolute Gasteiger partial charge is 0.362 e. The second-order valence-corrected chi connectivity index (χ2v) is 15.9. The van der Waals surface area contributed by atoms with E-state index in [2.05, 4.69) is 38.2 Å². The van der Waals surface area contributed by atoms with Gasteiger partial charge in [-0.2, -0.15) is 0 Å². The van der Waals surface area contributed by atoms with Gasteiger partial charge in [-0.1, -0.05) is 134 Å². The summed E-state index contributed by atoms with van der Waals surface area (Å²) in [5, 5.41) is 9.61. The van der Waals surface area contributed by atoms with Gasteiger partial charge in [0.05, 0.1) is 34.4 Å². The molecule has 2 unspecified atom stereocenters. The summed E-state index contributed by atoms with van der Waals surface area (Å²) in [6, 6.07) is -0.614. The van der Waals surface area contributed by atoms with Crippen LogP contribution in [0.15, 0.2) is 24.3 Å². The summed E-state index contributed by atoms with van der Waals surface area (Å²) in [5.74, 6) is -1.48. The highest BCUT2D eigenvalue weighted by Crippen LogP contribution is 2.14. The fourth-order valence-electron chi connectivity index (χ4n) is 6.37. The van der Waals surface area contributed by atoms with Crippen molar-refractivity contribution in [3.05, 3.63) is 24.3 Å². The summed E-state index contributed by atoms with van der Waals surface area (Å²) in [4.78, 5) is 36.9. The molecule has 0 aromatic heterocycles. The third-order valence-corrected chi connectivity index (χ3v) is 9.82. The number of carbonyl (C=O) groups excluding carboxylic acids is 2. The molecule has 8 nitrogen and oxygen atoms in total. The molecule has 0 rings (SSSR count). The van der Waals surface area contributed by atoms with Gasteiger partial charge in [-0.3, -0.25) is 9.59 Å². The Labute approximate surface area is 326 Å². The van der Waals surface area contributed by atoms with Gasteiger partial charge in [0, 0.05) is 19.3 Å². The number of ether oxygens (including phenoxy) is 3. The van der Waals surface area contributed by atoms with E-state index in [4.69, 9.17) is 14.2 Å². The number of likely N-dealkylation sites (N-methyl/N-ethyl adjacent to an activating group) is 1. The molecule has 0 saturated carbocycles. The molecule has 0 aromatic rings. The average Bonchev–Trinajstić information content (AvgIpc) is 3.11. The Balaban J connectivity index is 4.34. The molecule has 0 saturated heterocycles. The Hall–Kier alpha value is -2.19. The van der Waals surface area contributed by atoms with Crippen molar-refractivity contribution in [2.24, 2.45) is 0 Å². The van der Waals surface area contributed by atoms with E-state index < -0.39 is 18.1 Å². The largest absolute Gasteiger partial charge is 0.477 e. The van der Waals surface area contributed by atoms with E-state index in [9.17, 15) is 19.5 Å². The van der Waals surface area contributed by atoms with Crippen LogP contribution in [0.4, 0.5) is 0 Å². The first-order valence-electron chi connectivity index (χ1n) is 21.9. The Morgan fingerprint density at radius 2 is 0.943 bits per heavy atom. The molecule has 0 fully saturated rings. The maximum atomic E-state index is 12.7. The summed E-state index contributed by atoms with van der Waals surface area (Å²) >= 11 is 0. The zero-order valence-corrected chi connectivity index (χ0v) is 35.2. The average molecular weight is 751 g/mol. The van der Waals surface area contributed by atoms with Gasteiger partial charge < -0.3 is 23.8 Å². The zero-order chi connectivity index (χ0) is 39.3. The van der Waals surface area contributed by atoms with Crippen molar-refractivity contribution < 1.29 is 38.2 Å². The molecule has 0 aliphatic rings. The van der Waals surface area contributed by atoms with E-state index in [1.165, 1.54) is 109 Å². The zero-order valence-electron chi connectivity index (χ0n) is 35.2. The van der Waals surface area contributed by atoms with E-state index in [0.717, 1.165) is 51.4 Å². The van der Waals surface area contributed by atoms with Gasteiger partial charge in [-0.25, -0.2) is 4.79 Å². The monoisotopic (exact) mass is 751 g/mol. The number of quaternary nitrogens is 1. The SMILES string of the molecule is CCCCC/C=C\CCCCCCCC(=O)OCC(COCCC(C(=O)O)[N+](C)(C)C)OC(=O)CCCCCCCCC/C=C\CCCCCCCC. The molecule has 0 aliphatic carbocycles. The summed E-state index contributed by atoms with van der Waals surface area (Å²) in [6.45, 7) is 4.70. The number of aliphatic carboxylic acids is 1. The number of esters is 2. The highest BCUT2D eigenvalue weighted by Gasteiger charge is 2.31. The third kappa shape index (κ3) is 35.3. The molecule has 0 amide bonds. The highest BCUT2D eigenvalue weighted by atomic mass is 16.6. The quantitative estimate of drug-likeness (QED) is 0.0289. The molecular formula is C45H84NO7+. The minimum absolute atomic E-state index is 0.0545. The lowest BCUT2D eigenvalue weighted by molar-refractivity contribution is -0.887. The summed E-state index contributed by atoms with van der Waals surface area (Å²) in [7, 11) is 5.52. The number of nitrogens with zero attached hydrogens (tertiary/aromatic N) is 1. The molecule has 1 N–H and O–H groups in total. The normalized spacial score (nSPS) is 13.2. The van der Waals surface area contributed by atoms with Gasteiger partial charge in [-0.05, 0) is 64.2 Å². The van der Waals surface area contributed by atoms with Crippen molar-refractivity contribution in [2.45, 2.75) is 206 Å². The summed E-state index contributed by atoms with van der Waals surface area (Å²) in [5.41, 5.74) is 0. The number of hydrogen-bond donors (Lipinski definition) is 1. The van der Waals surface area contributed by atoms with Crippen molar-refractivity contribution in [3.63, 3.8) is 0 Å². The second-order valence-electron chi connectivity index (χ2n) is 15.9. The van der Waals surface area contributed by atoms with Crippen LogP contribution in [-0.4, -0.2) is 80.6 Å². The number of rotatable bonds is 39. The fraction of sp³-hybridized carbons (Fsp3) is 0.844. The van der Waals surface area contributed by atoms with Crippen LogP contribution in [0, 0.1) is 0 Å². The van der Waals surface area contributed by atoms with E-state index >= 15 is 0 Å². The van der Waals surface area contributed by atoms with Gasteiger partial charge in [0.2, 0.25) is 0 Å². The van der Waals surface area contributed by atoms with Crippen molar-refractivity contribution in [2.75, 3.05) is 41.0 Å². The predicted molar refractivity (Wildman–Crippen MR) is 220 cm³/mol. The minimum atomic E-state index is -0.876. The van der Waals surface area contributed by atoms with Crippen molar-refractivity contribution in [3.8, 4) is 0 Å². The molecule has 310 valence electrons. The molecule has 0 radical (unpaired) electrons. The number of unbranched alkanes of at least 4 members (excludes halogenated alkanes) is 21. The first-order valence-corrected chi connectivity index (χ1v) is 21.9.